The first-order valence-electron chi connectivity index (χ1n) is 8.43. The van der Waals surface area contributed by atoms with Crippen molar-refractivity contribution in [2.45, 2.75) is 13.8 Å². The van der Waals surface area contributed by atoms with Crippen LogP contribution in [0.4, 0.5) is 5.69 Å². The van der Waals surface area contributed by atoms with Gasteiger partial charge in [0, 0.05) is 23.9 Å². The minimum Gasteiger partial charge on any atom is -0.497 e. The fourth-order valence-electron chi connectivity index (χ4n) is 2.15. The molecule has 0 aliphatic heterocycles. The van der Waals surface area contributed by atoms with Gasteiger partial charge in [0.05, 0.1) is 7.11 Å². The summed E-state index contributed by atoms with van der Waals surface area (Å²) in [5.74, 6) is 1.17. The van der Waals surface area contributed by atoms with Gasteiger partial charge in [-0.15, -0.1) is 0 Å². The van der Waals surface area contributed by atoms with Crippen molar-refractivity contribution < 1.29 is 19.1 Å². The van der Waals surface area contributed by atoms with Crippen LogP contribution in [0, 0.1) is 5.92 Å². The zero-order chi connectivity index (χ0) is 18.9. The molecule has 2 aromatic rings. The summed E-state index contributed by atoms with van der Waals surface area (Å²) in [5, 5.41) is 5.59. The average Bonchev–Trinajstić information content (AvgIpc) is 2.65. The van der Waals surface area contributed by atoms with Gasteiger partial charge in [0.25, 0.3) is 11.8 Å². The fraction of sp³-hybridized carbons (Fsp3) is 0.300. The second-order valence-electron chi connectivity index (χ2n) is 6.20. The van der Waals surface area contributed by atoms with E-state index in [2.05, 4.69) is 10.6 Å². The highest BCUT2D eigenvalue weighted by atomic mass is 16.5. The Kier molecular flexibility index (Phi) is 7.02. The molecule has 0 aliphatic rings. The number of rotatable bonds is 8. The molecule has 2 aromatic carbocycles. The van der Waals surface area contributed by atoms with E-state index in [1.165, 1.54) is 0 Å². The molecule has 0 fully saturated rings. The smallest absolute Gasteiger partial charge is 0.262 e. The summed E-state index contributed by atoms with van der Waals surface area (Å²) in [7, 11) is 1.57. The number of nitrogens with one attached hydrogen (secondary N) is 2. The molecule has 0 saturated carbocycles. The van der Waals surface area contributed by atoms with Crippen LogP contribution in [0.1, 0.15) is 24.2 Å². The van der Waals surface area contributed by atoms with Crippen molar-refractivity contribution in [2.75, 3.05) is 25.6 Å². The SMILES string of the molecule is COc1cccc(NC(=O)COc2ccc(C(=O)NCC(C)C)cc2)c1. The van der Waals surface area contributed by atoms with Gasteiger partial charge in [0.15, 0.2) is 6.61 Å². The Hall–Kier alpha value is -3.02. The molecule has 2 amide bonds. The standard InChI is InChI=1S/C20H24N2O4/c1-14(2)12-21-20(24)15-7-9-17(10-8-15)26-13-19(23)22-16-5-4-6-18(11-16)25-3/h4-11,14H,12-13H2,1-3H3,(H,21,24)(H,22,23). The van der Waals surface area contributed by atoms with Crippen molar-refractivity contribution in [1.82, 2.24) is 5.32 Å². The number of amides is 2. The third-order valence-corrected chi connectivity index (χ3v) is 3.51. The summed E-state index contributed by atoms with van der Waals surface area (Å²) in [6.45, 7) is 4.57. The minimum atomic E-state index is -0.281. The molecule has 6 heteroatoms. The number of carbonyl (C=O) groups is 2. The molecule has 0 unspecified atom stereocenters. The summed E-state index contributed by atoms with van der Waals surface area (Å²) in [5.41, 5.74) is 1.19. The van der Waals surface area contributed by atoms with Gasteiger partial charge in [-0.3, -0.25) is 9.59 Å². The summed E-state index contributed by atoms with van der Waals surface area (Å²) < 4.78 is 10.6. The molecule has 0 bridgehead atoms. The number of carbonyl (C=O) groups excluding carboxylic acids is 2. The highest BCUT2D eigenvalue weighted by Gasteiger charge is 2.08. The third-order valence-electron chi connectivity index (χ3n) is 3.51. The van der Waals surface area contributed by atoms with Crippen molar-refractivity contribution in [3.8, 4) is 11.5 Å². The van der Waals surface area contributed by atoms with Crippen LogP contribution in [-0.4, -0.2) is 32.1 Å². The molecule has 26 heavy (non-hydrogen) atoms. The lowest BCUT2D eigenvalue weighted by Gasteiger charge is -2.10. The summed E-state index contributed by atoms with van der Waals surface area (Å²) in [6.07, 6.45) is 0. The van der Waals surface area contributed by atoms with Crippen LogP contribution in [0.15, 0.2) is 48.5 Å². The van der Waals surface area contributed by atoms with Crippen molar-refractivity contribution in [3.05, 3.63) is 54.1 Å². The van der Waals surface area contributed by atoms with Gasteiger partial charge in [-0.25, -0.2) is 0 Å². The Morgan fingerprint density at radius 1 is 1.04 bits per heavy atom. The molecule has 0 aliphatic carbocycles. The van der Waals surface area contributed by atoms with E-state index in [1.807, 2.05) is 13.8 Å². The predicted octanol–water partition coefficient (Wildman–Crippen LogP) is 3.10. The molecule has 0 radical (unpaired) electrons. The van der Waals surface area contributed by atoms with Crippen LogP contribution in [0.3, 0.4) is 0 Å². The first kappa shape index (κ1) is 19.3. The summed E-state index contributed by atoms with van der Waals surface area (Å²) in [6, 6.07) is 13.8. The zero-order valence-corrected chi connectivity index (χ0v) is 15.2. The molecule has 0 saturated heterocycles. The van der Waals surface area contributed by atoms with Gasteiger partial charge in [0.1, 0.15) is 11.5 Å². The van der Waals surface area contributed by atoms with E-state index >= 15 is 0 Å². The molecule has 138 valence electrons. The lowest BCUT2D eigenvalue weighted by molar-refractivity contribution is -0.118. The molecule has 0 aromatic heterocycles. The van der Waals surface area contributed by atoms with Crippen molar-refractivity contribution in [2.24, 2.45) is 5.92 Å². The maximum Gasteiger partial charge on any atom is 0.262 e. The number of hydrogen-bond donors (Lipinski definition) is 2. The van der Waals surface area contributed by atoms with Crippen LogP contribution >= 0.6 is 0 Å². The Morgan fingerprint density at radius 3 is 2.42 bits per heavy atom. The topological polar surface area (TPSA) is 76.7 Å². The highest BCUT2D eigenvalue weighted by molar-refractivity contribution is 5.94. The quantitative estimate of drug-likeness (QED) is 0.762. The molecule has 0 spiro atoms. The number of hydrogen-bond acceptors (Lipinski definition) is 4. The highest BCUT2D eigenvalue weighted by Crippen LogP contribution is 2.17. The van der Waals surface area contributed by atoms with Gasteiger partial charge in [-0.05, 0) is 42.3 Å². The predicted molar refractivity (Wildman–Crippen MR) is 101 cm³/mol. The van der Waals surface area contributed by atoms with Gasteiger partial charge < -0.3 is 20.1 Å². The van der Waals surface area contributed by atoms with E-state index in [-0.39, 0.29) is 18.4 Å². The maximum absolute atomic E-state index is 12.0. The van der Waals surface area contributed by atoms with E-state index in [9.17, 15) is 9.59 Å². The second kappa shape index (κ2) is 9.46. The fourth-order valence-corrected chi connectivity index (χ4v) is 2.15. The Balaban J connectivity index is 1.83. The van der Waals surface area contributed by atoms with Crippen LogP contribution in [0.2, 0.25) is 0 Å². The molecule has 0 atom stereocenters. The second-order valence-corrected chi connectivity index (χ2v) is 6.20. The summed E-state index contributed by atoms with van der Waals surface area (Å²) >= 11 is 0. The molecular formula is C20H24N2O4. The largest absolute Gasteiger partial charge is 0.497 e. The van der Waals surface area contributed by atoms with Crippen molar-refractivity contribution in [1.29, 1.82) is 0 Å². The van der Waals surface area contributed by atoms with Crippen LogP contribution in [-0.2, 0) is 4.79 Å². The first-order valence-corrected chi connectivity index (χ1v) is 8.43. The normalized spacial score (nSPS) is 10.3. The molecule has 2 rings (SSSR count). The van der Waals surface area contributed by atoms with Crippen molar-refractivity contribution >= 4 is 17.5 Å². The Morgan fingerprint density at radius 2 is 1.77 bits per heavy atom. The Bertz CT molecular complexity index is 742. The lowest BCUT2D eigenvalue weighted by atomic mass is 10.2. The van der Waals surface area contributed by atoms with Crippen molar-refractivity contribution in [3.63, 3.8) is 0 Å². The van der Waals surface area contributed by atoms with E-state index < -0.39 is 0 Å². The lowest BCUT2D eigenvalue weighted by Crippen LogP contribution is -2.27. The Labute approximate surface area is 153 Å². The maximum atomic E-state index is 12.0. The molecule has 6 nitrogen and oxygen atoms in total. The van der Waals surface area contributed by atoms with Gasteiger partial charge in [0.2, 0.25) is 0 Å². The average molecular weight is 356 g/mol. The third kappa shape index (κ3) is 6.12. The van der Waals surface area contributed by atoms with Gasteiger partial charge >= 0.3 is 0 Å². The minimum absolute atomic E-state index is 0.124. The summed E-state index contributed by atoms with van der Waals surface area (Å²) in [4.78, 5) is 23.9. The van der Waals surface area contributed by atoms with Crippen LogP contribution in [0.25, 0.3) is 0 Å². The first-order chi connectivity index (χ1) is 12.5. The van der Waals surface area contributed by atoms with Gasteiger partial charge in [-0.2, -0.15) is 0 Å². The van der Waals surface area contributed by atoms with E-state index in [1.54, 1.807) is 55.6 Å². The van der Waals surface area contributed by atoms with E-state index in [4.69, 9.17) is 9.47 Å². The van der Waals surface area contributed by atoms with E-state index in [0.29, 0.717) is 35.2 Å². The van der Waals surface area contributed by atoms with Crippen LogP contribution < -0.4 is 20.1 Å². The molecule has 0 heterocycles. The number of anilines is 1. The molecular weight excluding hydrogens is 332 g/mol. The molecule has 2 N–H and O–H groups in total. The number of benzene rings is 2. The zero-order valence-electron chi connectivity index (χ0n) is 15.2. The van der Waals surface area contributed by atoms with Crippen LogP contribution in [0.5, 0.6) is 11.5 Å². The number of ether oxygens (including phenoxy) is 2. The van der Waals surface area contributed by atoms with E-state index in [0.717, 1.165) is 0 Å². The number of methoxy groups -OCH3 is 1. The monoisotopic (exact) mass is 356 g/mol. The van der Waals surface area contributed by atoms with Gasteiger partial charge in [-0.1, -0.05) is 19.9 Å².